The molecule has 0 saturated carbocycles. The quantitative estimate of drug-likeness (QED) is 0.564. The molecule has 0 aliphatic heterocycles. The van der Waals surface area contributed by atoms with Crippen LogP contribution in [0, 0.1) is 0 Å². The van der Waals surface area contributed by atoms with Crippen LogP contribution >= 0.6 is 0 Å². The van der Waals surface area contributed by atoms with Crippen molar-refractivity contribution >= 4 is 22.6 Å². The zero-order valence-electron chi connectivity index (χ0n) is 15.7. The fourth-order valence-corrected chi connectivity index (χ4v) is 3.46. The number of aryl methyl sites for hydroxylation is 1. The molecular formula is C22H22N4O2. The number of rotatable bonds is 6. The van der Waals surface area contributed by atoms with Gasteiger partial charge in [0.2, 0.25) is 5.91 Å². The molecule has 6 heteroatoms. The summed E-state index contributed by atoms with van der Waals surface area (Å²) in [5.74, 6) is 0.154. The Bertz CT molecular complexity index is 1180. The monoisotopic (exact) mass is 374 g/mol. The van der Waals surface area contributed by atoms with Crippen LogP contribution < -0.4 is 10.9 Å². The zero-order valence-corrected chi connectivity index (χ0v) is 15.7. The maximum absolute atomic E-state index is 12.8. The molecule has 1 amide bonds. The van der Waals surface area contributed by atoms with Gasteiger partial charge in [0, 0.05) is 31.9 Å². The van der Waals surface area contributed by atoms with Gasteiger partial charge in [-0.3, -0.25) is 14.2 Å². The molecule has 142 valence electrons. The van der Waals surface area contributed by atoms with Crippen molar-refractivity contribution in [2.75, 3.05) is 6.54 Å². The lowest BCUT2D eigenvalue weighted by molar-refractivity contribution is -0.121. The van der Waals surface area contributed by atoms with Crippen molar-refractivity contribution in [3.8, 4) is 0 Å². The summed E-state index contributed by atoms with van der Waals surface area (Å²) >= 11 is 0. The van der Waals surface area contributed by atoms with Crippen molar-refractivity contribution in [3.63, 3.8) is 0 Å². The maximum atomic E-state index is 12.8. The number of carbonyl (C=O) groups excluding carboxylic acids is 1. The molecule has 0 aliphatic carbocycles. The van der Waals surface area contributed by atoms with Gasteiger partial charge >= 0.3 is 0 Å². The van der Waals surface area contributed by atoms with Crippen molar-refractivity contribution in [3.05, 3.63) is 82.9 Å². The molecule has 0 aliphatic rings. The summed E-state index contributed by atoms with van der Waals surface area (Å²) < 4.78 is 3.42. The number of pyridine rings is 1. The molecule has 0 fully saturated rings. The summed E-state index contributed by atoms with van der Waals surface area (Å²) in [6.45, 7) is 2.94. The summed E-state index contributed by atoms with van der Waals surface area (Å²) in [6.07, 6.45) is 3.74. The number of hydrogen-bond acceptors (Lipinski definition) is 3. The van der Waals surface area contributed by atoms with Crippen LogP contribution in [0.2, 0.25) is 0 Å². The molecule has 3 aromatic heterocycles. The molecule has 0 spiro atoms. The van der Waals surface area contributed by atoms with Gasteiger partial charge in [-0.1, -0.05) is 37.3 Å². The van der Waals surface area contributed by atoms with Gasteiger partial charge in [0.15, 0.2) is 5.65 Å². The first-order valence-corrected chi connectivity index (χ1v) is 9.41. The first kappa shape index (κ1) is 18.0. The van der Waals surface area contributed by atoms with Crippen LogP contribution in [-0.4, -0.2) is 26.4 Å². The fraction of sp³-hybridized carbons (Fsp3) is 0.227. The maximum Gasteiger partial charge on any atom is 0.276 e. The van der Waals surface area contributed by atoms with E-state index in [0.717, 1.165) is 5.52 Å². The number of hydrogen-bond donors (Lipinski definition) is 1. The zero-order chi connectivity index (χ0) is 19.5. The van der Waals surface area contributed by atoms with Crippen molar-refractivity contribution in [1.82, 2.24) is 19.3 Å². The highest BCUT2D eigenvalue weighted by Gasteiger charge is 2.13. The molecule has 0 bridgehead atoms. The Labute approximate surface area is 162 Å². The Balaban J connectivity index is 1.48. The summed E-state index contributed by atoms with van der Waals surface area (Å²) in [4.78, 5) is 29.6. The van der Waals surface area contributed by atoms with E-state index in [1.807, 2.05) is 47.0 Å². The lowest BCUT2D eigenvalue weighted by Crippen LogP contribution is -2.30. The topological polar surface area (TPSA) is 68.4 Å². The van der Waals surface area contributed by atoms with Gasteiger partial charge < -0.3 is 9.72 Å². The number of nitrogens with one attached hydrogen (secondary N) is 1. The Morgan fingerprint density at radius 3 is 2.68 bits per heavy atom. The molecule has 1 aromatic carbocycles. The molecule has 1 N–H and O–H groups in total. The minimum absolute atomic E-state index is 0.0750. The average Bonchev–Trinajstić information content (AvgIpc) is 3.23. The van der Waals surface area contributed by atoms with Gasteiger partial charge in [-0.05, 0) is 35.7 Å². The predicted molar refractivity (Wildman–Crippen MR) is 109 cm³/mol. The number of amides is 1. The second-order valence-corrected chi connectivity index (χ2v) is 6.93. The molecular weight excluding hydrogens is 352 g/mol. The smallest absolute Gasteiger partial charge is 0.276 e. The third-order valence-corrected chi connectivity index (χ3v) is 5.03. The number of fused-ring (bicyclic) bond motifs is 3. The van der Waals surface area contributed by atoms with Gasteiger partial charge in [0.25, 0.3) is 5.56 Å². The third kappa shape index (κ3) is 3.41. The van der Waals surface area contributed by atoms with Crippen LogP contribution in [0.5, 0.6) is 0 Å². The Morgan fingerprint density at radius 2 is 1.86 bits per heavy atom. The molecule has 0 saturated heterocycles. The Hall–Kier alpha value is -3.41. The molecule has 6 nitrogen and oxygen atoms in total. The second kappa shape index (κ2) is 7.68. The van der Waals surface area contributed by atoms with E-state index in [4.69, 9.17) is 0 Å². The largest absolute Gasteiger partial charge is 0.355 e. The highest BCUT2D eigenvalue weighted by atomic mass is 16.2. The predicted octanol–water partition coefficient (Wildman–Crippen LogP) is 2.96. The van der Waals surface area contributed by atoms with Crippen molar-refractivity contribution in [1.29, 1.82) is 0 Å². The highest BCUT2D eigenvalue weighted by molar-refractivity contribution is 5.77. The lowest BCUT2D eigenvalue weighted by atomic mass is 10.0. The van der Waals surface area contributed by atoms with Crippen molar-refractivity contribution < 1.29 is 4.79 Å². The minimum atomic E-state index is -0.137. The molecule has 0 unspecified atom stereocenters. The first-order valence-electron chi connectivity index (χ1n) is 9.41. The normalized spacial score (nSPS) is 12.3. The average molecular weight is 374 g/mol. The molecule has 3 heterocycles. The first-order chi connectivity index (χ1) is 13.6. The minimum Gasteiger partial charge on any atom is -0.355 e. The fourth-order valence-electron chi connectivity index (χ4n) is 3.46. The van der Waals surface area contributed by atoms with E-state index in [1.54, 1.807) is 16.8 Å². The summed E-state index contributed by atoms with van der Waals surface area (Å²) in [7, 11) is 0. The summed E-state index contributed by atoms with van der Waals surface area (Å²) in [5, 5.41) is 2.97. The van der Waals surface area contributed by atoms with Gasteiger partial charge in [0.05, 0.1) is 5.52 Å². The van der Waals surface area contributed by atoms with Crippen molar-refractivity contribution in [2.45, 2.75) is 25.8 Å². The number of carbonyl (C=O) groups is 1. The highest BCUT2D eigenvalue weighted by Crippen LogP contribution is 2.14. The van der Waals surface area contributed by atoms with E-state index in [2.05, 4.69) is 29.4 Å². The van der Waals surface area contributed by atoms with Crippen LogP contribution in [0.4, 0.5) is 0 Å². The SMILES string of the molecule is C[C@@H](CNC(=O)CCn1c(=O)c2cccn2c2cccnc21)c1ccccc1. The van der Waals surface area contributed by atoms with E-state index < -0.39 is 0 Å². The van der Waals surface area contributed by atoms with Crippen LogP contribution in [0.3, 0.4) is 0 Å². The van der Waals surface area contributed by atoms with E-state index >= 15 is 0 Å². The third-order valence-electron chi connectivity index (χ3n) is 5.03. The van der Waals surface area contributed by atoms with E-state index in [9.17, 15) is 9.59 Å². The van der Waals surface area contributed by atoms with Gasteiger partial charge in [-0.25, -0.2) is 4.98 Å². The number of nitrogens with zero attached hydrogens (tertiary/aromatic N) is 3. The van der Waals surface area contributed by atoms with Gasteiger partial charge in [0.1, 0.15) is 5.52 Å². The van der Waals surface area contributed by atoms with Gasteiger partial charge in [-0.2, -0.15) is 0 Å². The van der Waals surface area contributed by atoms with Crippen LogP contribution in [0.1, 0.15) is 24.8 Å². The number of benzene rings is 1. The van der Waals surface area contributed by atoms with Gasteiger partial charge in [-0.15, -0.1) is 0 Å². The second-order valence-electron chi connectivity index (χ2n) is 6.93. The van der Waals surface area contributed by atoms with Crippen LogP contribution in [-0.2, 0) is 11.3 Å². The summed E-state index contributed by atoms with van der Waals surface area (Å²) in [6, 6.07) is 17.5. The van der Waals surface area contributed by atoms with Crippen LogP contribution in [0.25, 0.3) is 16.7 Å². The molecule has 4 rings (SSSR count). The van der Waals surface area contributed by atoms with E-state index in [1.165, 1.54) is 5.56 Å². The number of aromatic nitrogens is 3. The lowest BCUT2D eigenvalue weighted by Gasteiger charge is -2.14. The Kier molecular flexibility index (Phi) is 4.93. The standard InChI is InChI=1S/C22H22N4O2/c1-16(17-7-3-2-4-8-17)15-24-20(27)11-14-26-21-18(9-5-12-23-21)25-13-6-10-19(25)22(26)28/h2-10,12-13,16H,11,14-15H2,1H3,(H,24,27)/t16-/m0/s1. The molecule has 0 radical (unpaired) electrons. The molecule has 1 atom stereocenters. The van der Waals surface area contributed by atoms with Crippen molar-refractivity contribution in [2.24, 2.45) is 0 Å². The van der Waals surface area contributed by atoms with E-state index in [0.29, 0.717) is 24.3 Å². The summed E-state index contributed by atoms with van der Waals surface area (Å²) in [5.41, 5.74) is 3.06. The van der Waals surface area contributed by atoms with E-state index in [-0.39, 0.29) is 23.8 Å². The molecule has 4 aromatic rings. The molecule has 28 heavy (non-hydrogen) atoms. The van der Waals surface area contributed by atoms with Crippen LogP contribution in [0.15, 0.2) is 71.8 Å². The Morgan fingerprint density at radius 1 is 1.07 bits per heavy atom.